The zero-order chi connectivity index (χ0) is 19.9. The zero-order valence-electron chi connectivity index (χ0n) is 15.0. The highest BCUT2D eigenvalue weighted by Gasteiger charge is 2.42. The molecule has 1 heterocycles. The Morgan fingerprint density at radius 1 is 0.964 bits per heavy atom. The SMILES string of the molecule is Cc1ccc(S(=O)(=O)N2C(=N)c3ccccc3C2Sc2ccc(Br)cc2)cc1. The van der Waals surface area contributed by atoms with Crippen LogP contribution in [-0.2, 0) is 10.0 Å². The average molecular weight is 473 g/mol. The number of sulfonamides is 1. The van der Waals surface area contributed by atoms with Crippen LogP contribution in [0.4, 0.5) is 0 Å². The summed E-state index contributed by atoms with van der Waals surface area (Å²) in [7, 11) is -3.87. The van der Waals surface area contributed by atoms with E-state index in [1.807, 2.05) is 49.4 Å². The van der Waals surface area contributed by atoms with E-state index in [1.165, 1.54) is 16.1 Å². The molecular weight excluding hydrogens is 456 g/mol. The molecule has 3 aromatic rings. The monoisotopic (exact) mass is 472 g/mol. The first-order chi connectivity index (χ1) is 13.4. The Labute approximate surface area is 177 Å². The van der Waals surface area contributed by atoms with E-state index in [4.69, 9.17) is 5.41 Å². The van der Waals surface area contributed by atoms with Gasteiger partial charge >= 0.3 is 0 Å². The molecule has 0 aromatic heterocycles. The Bertz CT molecular complexity index is 1140. The molecule has 0 saturated heterocycles. The first-order valence-electron chi connectivity index (χ1n) is 8.59. The maximum Gasteiger partial charge on any atom is 0.266 e. The van der Waals surface area contributed by atoms with Gasteiger partial charge in [-0.05, 0) is 48.9 Å². The summed E-state index contributed by atoms with van der Waals surface area (Å²) in [6, 6.07) is 21.9. The molecule has 4 rings (SSSR count). The normalized spacial score (nSPS) is 16.3. The summed E-state index contributed by atoms with van der Waals surface area (Å²) in [6.45, 7) is 1.91. The van der Waals surface area contributed by atoms with Gasteiger partial charge in [0.2, 0.25) is 0 Å². The van der Waals surface area contributed by atoms with E-state index in [0.29, 0.717) is 5.56 Å². The Kier molecular flexibility index (Phi) is 5.07. The van der Waals surface area contributed by atoms with Gasteiger partial charge in [-0.2, -0.15) is 0 Å². The summed E-state index contributed by atoms with van der Waals surface area (Å²) in [5, 5.41) is 8.06. The second kappa shape index (κ2) is 7.39. The molecule has 0 aliphatic carbocycles. The summed E-state index contributed by atoms with van der Waals surface area (Å²) < 4.78 is 29.1. The number of hydrogen-bond donors (Lipinski definition) is 1. The Morgan fingerprint density at radius 3 is 2.29 bits per heavy atom. The van der Waals surface area contributed by atoms with Gasteiger partial charge in [-0.1, -0.05) is 69.7 Å². The van der Waals surface area contributed by atoms with Crippen LogP contribution in [0.15, 0.2) is 87.1 Å². The van der Waals surface area contributed by atoms with Crippen LogP contribution in [0.2, 0.25) is 0 Å². The van der Waals surface area contributed by atoms with Gasteiger partial charge in [0.05, 0.1) is 4.90 Å². The summed E-state index contributed by atoms with van der Waals surface area (Å²) in [4.78, 5) is 1.12. The molecule has 7 heteroatoms. The van der Waals surface area contributed by atoms with Crippen molar-refractivity contribution in [2.75, 3.05) is 0 Å². The van der Waals surface area contributed by atoms with E-state index in [2.05, 4.69) is 15.9 Å². The van der Waals surface area contributed by atoms with Crippen molar-refractivity contribution in [1.82, 2.24) is 4.31 Å². The van der Waals surface area contributed by atoms with Crippen LogP contribution >= 0.6 is 27.7 Å². The molecule has 0 fully saturated rings. The third-order valence-corrected chi connectivity index (χ3v) is 8.23. The highest BCUT2D eigenvalue weighted by Crippen LogP contribution is 2.47. The third-order valence-electron chi connectivity index (χ3n) is 4.55. The van der Waals surface area contributed by atoms with Gasteiger partial charge in [-0.25, -0.2) is 12.7 Å². The van der Waals surface area contributed by atoms with E-state index in [1.54, 1.807) is 30.3 Å². The highest BCUT2D eigenvalue weighted by molar-refractivity contribution is 9.10. The van der Waals surface area contributed by atoms with Crippen LogP contribution < -0.4 is 0 Å². The largest absolute Gasteiger partial charge is 0.283 e. The third kappa shape index (κ3) is 3.38. The van der Waals surface area contributed by atoms with Crippen LogP contribution in [0.1, 0.15) is 22.1 Å². The van der Waals surface area contributed by atoms with Crippen LogP contribution in [0, 0.1) is 12.3 Å². The lowest BCUT2D eigenvalue weighted by molar-refractivity contribution is 0.521. The molecule has 1 aliphatic heterocycles. The van der Waals surface area contributed by atoms with Gasteiger partial charge < -0.3 is 0 Å². The van der Waals surface area contributed by atoms with Crippen molar-refractivity contribution in [1.29, 1.82) is 5.41 Å². The van der Waals surface area contributed by atoms with E-state index in [0.717, 1.165) is 20.5 Å². The molecular formula is C21H17BrN2O2S2. The van der Waals surface area contributed by atoms with Crippen LogP contribution in [0.25, 0.3) is 0 Å². The molecule has 1 N–H and O–H groups in total. The Balaban J connectivity index is 1.80. The lowest BCUT2D eigenvalue weighted by Gasteiger charge is -2.26. The number of benzene rings is 3. The molecule has 0 amide bonds. The van der Waals surface area contributed by atoms with Crippen molar-refractivity contribution < 1.29 is 8.42 Å². The summed E-state index contributed by atoms with van der Waals surface area (Å²) in [5.41, 5.74) is 2.46. The first-order valence-corrected chi connectivity index (χ1v) is 11.7. The van der Waals surface area contributed by atoms with Gasteiger partial charge in [0.25, 0.3) is 10.0 Å². The van der Waals surface area contributed by atoms with Crippen molar-refractivity contribution >= 4 is 43.6 Å². The fraction of sp³-hybridized carbons (Fsp3) is 0.0952. The van der Waals surface area contributed by atoms with Crippen LogP contribution in [0.5, 0.6) is 0 Å². The lowest BCUT2D eigenvalue weighted by atomic mass is 10.1. The van der Waals surface area contributed by atoms with Crippen molar-refractivity contribution in [2.24, 2.45) is 0 Å². The number of fused-ring (bicyclic) bond motifs is 1. The number of rotatable bonds is 4. The number of nitrogens with zero attached hydrogens (tertiary/aromatic N) is 1. The minimum atomic E-state index is -3.87. The molecule has 142 valence electrons. The molecule has 28 heavy (non-hydrogen) atoms. The second-order valence-electron chi connectivity index (χ2n) is 6.47. The van der Waals surface area contributed by atoms with Gasteiger partial charge in [-0.15, -0.1) is 0 Å². The number of halogens is 1. The van der Waals surface area contributed by atoms with E-state index >= 15 is 0 Å². The van der Waals surface area contributed by atoms with Crippen molar-refractivity contribution in [3.8, 4) is 0 Å². The quantitative estimate of drug-likeness (QED) is 0.538. The molecule has 3 aromatic carbocycles. The molecule has 0 spiro atoms. The fourth-order valence-electron chi connectivity index (χ4n) is 3.11. The fourth-order valence-corrected chi connectivity index (χ4v) is 6.34. The number of nitrogens with one attached hydrogen (secondary N) is 1. The maximum atomic E-state index is 13.4. The van der Waals surface area contributed by atoms with Crippen molar-refractivity contribution in [3.63, 3.8) is 0 Å². The number of amidine groups is 1. The molecule has 1 atom stereocenters. The predicted octanol–water partition coefficient (Wildman–Crippen LogP) is 5.58. The lowest BCUT2D eigenvalue weighted by Crippen LogP contribution is -2.33. The van der Waals surface area contributed by atoms with E-state index in [-0.39, 0.29) is 10.7 Å². The standard InChI is InChI=1S/C21H17BrN2O2S2/c1-14-6-12-17(13-7-14)28(25,26)24-20(23)18-4-2-3-5-19(18)21(24)27-16-10-8-15(22)9-11-16/h2-13,21,23H,1H3. The number of hydrogen-bond acceptors (Lipinski definition) is 4. The van der Waals surface area contributed by atoms with Gasteiger partial charge in [0.15, 0.2) is 0 Å². The summed E-state index contributed by atoms with van der Waals surface area (Å²) in [6.07, 6.45) is 0. The topological polar surface area (TPSA) is 61.2 Å². The minimum Gasteiger partial charge on any atom is -0.283 e. The van der Waals surface area contributed by atoms with Crippen LogP contribution in [-0.4, -0.2) is 18.6 Å². The highest BCUT2D eigenvalue weighted by atomic mass is 79.9. The smallest absolute Gasteiger partial charge is 0.266 e. The average Bonchev–Trinajstić information content (AvgIpc) is 2.97. The van der Waals surface area contributed by atoms with Gasteiger partial charge in [0.1, 0.15) is 11.2 Å². The second-order valence-corrected chi connectivity index (χ2v) is 10.4. The summed E-state index contributed by atoms with van der Waals surface area (Å²) in [5.74, 6) is 0.00536. The molecule has 1 unspecified atom stereocenters. The molecule has 4 nitrogen and oxygen atoms in total. The predicted molar refractivity (Wildman–Crippen MR) is 116 cm³/mol. The first kappa shape index (κ1) is 19.2. The maximum absolute atomic E-state index is 13.4. The van der Waals surface area contributed by atoms with Crippen molar-refractivity contribution in [3.05, 3.63) is 94.0 Å². The minimum absolute atomic E-state index is 0.00536. The van der Waals surface area contributed by atoms with Gasteiger partial charge in [-0.3, -0.25) is 5.41 Å². The molecule has 0 radical (unpaired) electrons. The molecule has 0 saturated carbocycles. The molecule has 0 bridgehead atoms. The van der Waals surface area contributed by atoms with E-state index in [9.17, 15) is 8.42 Å². The van der Waals surface area contributed by atoms with Crippen molar-refractivity contribution in [2.45, 2.75) is 22.1 Å². The van der Waals surface area contributed by atoms with E-state index < -0.39 is 15.4 Å². The Hall–Kier alpha value is -2.09. The van der Waals surface area contributed by atoms with Crippen LogP contribution in [0.3, 0.4) is 0 Å². The molecule has 1 aliphatic rings. The summed E-state index contributed by atoms with van der Waals surface area (Å²) >= 11 is 4.85. The Morgan fingerprint density at radius 2 is 1.61 bits per heavy atom. The number of thioether (sulfide) groups is 1. The van der Waals surface area contributed by atoms with Gasteiger partial charge in [0, 0.05) is 14.9 Å². The zero-order valence-corrected chi connectivity index (χ0v) is 18.2. The number of aryl methyl sites for hydroxylation is 1.